The summed E-state index contributed by atoms with van der Waals surface area (Å²) in [4.78, 5) is 25.8. The Morgan fingerprint density at radius 1 is 1.28 bits per heavy atom. The van der Waals surface area contributed by atoms with Gasteiger partial charge < -0.3 is 10.6 Å². The van der Waals surface area contributed by atoms with Gasteiger partial charge in [0.25, 0.3) is 5.56 Å². The van der Waals surface area contributed by atoms with Crippen molar-refractivity contribution in [2.45, 2.75) is 43.2 Å². The summed E-state index contributed by atoms with van der Waals surface area (Å²) >= 11 is 1.63. The van der Waals surface area contributed by atoms with Gasteiger partial charge >= 0.3 is 0 Å². The molecule has 2 heterocycles. The van der Waals surface area contributed by atoms with Crippen molar-refractivity contribution in [1.82, 2.24) is 19.9 Å². The van der Waals surface area contributed by atoms with E-state index in [9.17, 15) is 4.79 Å². The molecule has 0 aromatic carbocycles. The fraction of sp³-hybridized carbons (Fsp3) is 0.333. The molecule has 2 N–H and O–H groups in total. The van der Waals surface area contributed by atoms with Crippen LogP contribution >= 0.6 is 11.8 Å². The molecule has 2 aromatic heterocycles. The van der Waals surface area contributed by atoms with Crippen LogP contribution in [-0.2, 0) is 0 Å². The van der Waals surface area contributed by atoms with Gasteiger partial charge in [0, 0.05) is 47.3 Å². The van der Waals surface area contributed by atoms with Gasteiger partial charge in [-0.25, -0.2) is 15.0 Å². The van der Waals surface area contributed by atoms with Crippen LogP contribution in [-0.4, -0.2) is 39.6 Å². The molecule has 1 aliphatic carbocycles. The molecule has 8 heteroatoms. The number of aliphatic imine (C=N–C) groups is 1. The second-order valence-electron chi connectivity index (χ2n) is 6.87. The van der Waals surface area contributed by atoms with Crippen molar-refractivity contribution in [1.29, 1.82) is 0 Å². The molecule has 0 aliphatic heterocycles. The van der Waals surface area contributed by atoms with E-state index in [1.54, 1.807) is 28.6 Å². The number of allylic oxidation sites excluding steroid dienone is 3. The number of pyridine rings is 1. The lowest BCUT2D eigenvalue weighted by Crippen LogP contribution is -2.27. The average molecular weight is 411 g/mol. The maximum atomic E-state index is 11.9. The molecule has 1 saturated carbocycles. The fourth-order valence-electron chi connectivity index (χ4n) is 3.28. The van der Waals surface area contributed by atoms with Crippen LogP contribution in [0.5, 0.6) is 0 Å². The molecule has 152 valence electrons. The van der Waals surface area contributed by atoms with Crippen LogP contribution < -0.4 is 16.2 Å². The summed E-state index contributed by atoms with van der Waals surface area (Å²) < 4.78 is 1.59. The molecule has 0 amide bonds. The van der Waals surface area contributed by atoms with Gasteiger partial charge in [-0.2, -0.15) is 0 Å². The van der Waals surface area contributed by atoms with Crippen LogP contribution in [0.1, 0.15) is 26.2 Å². The van der Waals surface area contributed by atoms with E-state index in [-0.39, 0.29) is 5.56 Å². The number of aromatic nitrogens is 3. The van der Waals surface area contributed by atoms with E-state index in [2.05, 4.69) is 32.3 Å². The van der Waals surface area contributed by atoms with Crippen molar-refractivity contribution in [3.63, 3.8) is 0 Å². The smallest absolute Gasteiger partial charge is 0.254 e. The van der Waals surface area contributed by atoms with Gasteiger partial charge in [0.15, 0.2) is 0 Å². The molecule has 0 bridgehead atoms. The first-order valence-corrected chi connectivity index (χ1v) is 10.7. The molecular formula is C21H26N6OS. The molecule has 1 fully saturated rings. The molecule has 1 aliphatic rings. The Morgan fingerprint density at radius 3 is 2.72 bits per heavy atom. The van der Waals surface area contributed by atoms with Gasteiger partial charge in [-0.05, 0) is 57.4 Å². The number of thioether (sulfide) groups is 1. The van der Waals surface area contributed by atoms with E-state index >= 15 is 0 Å². The quantitative estimate of drug-likeness (QED) is 0.394. The molecule has 2 atom stereocenters. The van der Waals surface area contributed by atoms with Crippen LogP contribution in [0, 0.1) is 0 Å². The van der Waals surface area contributed by atoms with Gasteiger partial charge in [-0.15, -0.1) is 11.8 Å². The van der Waals surface area contributed by atoms with Crippen molar-refractivity contribution >= 4 is 30.1 Å². The van der Waals surface area contributed by atoms with Crippen molar-refractivity contribution < 1.29 is 0 Å². The van der Waals surface area contributed by atoms with E-state index < -0.39 is 0 Å². The summed E-state index contributed by atoms with van der Waals surface area (Å²) in [6.07, 6.45) is 14.1. The van der Waals surface area contributed by atoms with Gasteiger partial charge in [0.05, 0.1) is 0 Å². The maximum absolute atomic E-state index is 11.9. The monoisotopic (exact) mass is 410 g/mol. The minimum Gasteiger partial charge on any atom is -0.367 e. The Balaban J connectivity index is 1.57. The number of anilines is 1. The second-order valence-corrected chi connectivity index (χ2v) is 7.75. The molecule has 0 unspecified atom stereocenters. The highest BCUT2D eigenvalue weighted by atomic mass is 32.2. The minimum absolute atomic E-state index is 0.0618. The van der Waals surface area contributed by atoms with E-state index in [0.29, 0.717) is 23.9 Å². The highest BCUT2D eigenvalue weighted by Crippen LogP contribution is 2.23. The summed E-state index contributed by atoms with van der Waals surface area (Å²) in [6.45, 7) is 5.54. The lowest BCUT2D eigenvalue weighted by molar-refractivity contribution is 0.575. The molecule has 0 spiro atoms. The third-order valence-electron chi connectivity index (χ3n) is 4.84. The van der Waals surface area contributed by atoms with E-state index in [4.69, 9.17) is 0 Å². The molecular weight excluding hydrogens is 384 g/mol. The summed E-state index contributed by atoms with van der Waals surface area (Å²) in [5.74, 6) is 1.36. The molecule has 2 aromatic rings. The predicted octanol–water partition coefficient (Wildman–Crippen LogP) is 3.39. The summed E-state index contributed by atoms with van der Waals surface area (Å²) in [5.41, 5.74) is 0.753. The lowest BCUT2D eigenvalue weighted by Gasteiger charge is -2.15. The number of rotatable bonds is 8. The van der Waals surface area contributed by atoms with Gasteiger partial charge in [-0.1, -0.05) is 6.07 Å². The molecule has 0 saturated heterocycles. The van der Waals surface area contributed by atoms with Crippen LogP contribution in [0.15, 0.2) is 69.4 Å². The molecule has 0 radical (unpaired) electrons. The Morgan fingerprint density at radius 2 is 2.03 bits per heavy atom. The molecule has 29 heavy (non-hydrogen) atoms. The first-order valence-electron chi connectivity index (χ1n) is 9.51. The van der Waals surface area contributed by atoms with Crippen molar-refractivity contribution in [2.24, 2.45) is 4.99 Å². The van der Waals surface area contributed by atoms with Gasteiger partial charge in [-0.3, -0.25) is 9.36 Å². The summed E-state index contributed by atoms with van der Waals surface area (Å²) in [7, 11) is 0. The van der Waals surface area contributed by atoms with E-state index in [0.717, 1.165) is 29.9 Å². The second kappa shape index (κ2) is 10.1. The Kier molecular flexibility index (Phi) is 7.24. The van der Waals surface area contributed by atoms with Crippen LogP contribution in [0.4, 0.5) is 5.95 Å². The number of hydrogen-bond acceptors (Lipinski definition) is 7. The lowest BCUT2D eigenvalue weighted by atomic mass is 10.2. The normalized spacial score (nSPS) is 19.8. The average Bonchev–Trinajstić information content (AvgIpc) is 3.18. The zero-order valence-electron chi connectivity index (χ0n) is 16.7. The predicted molar refractivity (Wildman–Crippen MR) is 120 cm³/mol. The van der Waals surface area contributed by atoms with Crippen molar-refractivity contribution in [3.05, 3.63) is 65.1 Å². The topological polar surface area (TPSA) is 84.2 Å². The number of nitrogens with one attached hydrogen (secondary N) is 2. The first-order chi connectivity index (χ1) is 14.1. The molecule has 3 rings (SSSR count). The number of hydrogen-bond donors (Lipinski definition) is 2. The van der Waals surface area contributed by atoms with Crippen LogP contribution in [0.25, 0.3) is 5.70 Å². The zero-order valence-corrected chi connectivity index (χ0v) is 17.5. The Hall–Kier alpha value is -2.87. The van der Waals surface area contributed by atoms with Crippen molar-refractivity contribution in [3.8, 4) is 0 Å². The third-order valence-corrected chi connectivity index (χ3v) is 5.52. The van der Waals surface area contributed by atoms with E-state index in [1.807, 2.05) is 43.8 Å². The van der Waals surface area contributed by atoms with Gasteiger partial charge in [0.2, 0.25) is 5.95 Å². The first kappa shape index (κ1) is 20.9. The van der Waals surface area contributed by atoms with Crippen molar-refractivity contribution in [2.75, 3.05) is 11.6 Å². The largest absolute Gasteiger partial charge is 0.367 e. The summed E-state index contributed by atoms with van der Waals surface area (Å²) in [6, 6.07) is 5.71. The van der Waals surface area contributed by atoms with E-state index in [1.165, 1.54) is 6.07 Å². The Bertz CT molecular complexity index is 950. The highest BCUT2D eigenvalue weighted by Gasteiger charge is 2.25. The maximum Gasteiger partial charge on any atom is 0.254 e. The number of nitrogens with zero attached hydrogens (tertiary/aromatic N) is 4. The molecule has 7 nitrogen and oxygen atoms in total. The van der Waals surface area contributed by atoms with Crippen LogP contribution in [0.3, 0.4) is 0 Å². The van der Waals surface area contributed by atoms with Crippen LogP contribution in [0.2, 0.25) is 0 Å². The standard InChI is InChI=1S/C21H26N6OS/c1-15(27-11-5-4-6-20(27)28)7-10-19(22-2)25-16-8-9-17(12-16)26-21-23-13-18(29-3)14-24-21/h4-7,10-11,13-14,16-17,25H,2,8-9,12H2,1,3H3,(H,23,24,26)/b15-7+,19-10+/t16-,17-/m0/s1. The highest BCUT2D eigenvalue weighted by molar-refractivity contribution is 7.98. The Labute approximate surface area is 175 Å². The minimum atomic E-state index is -0.0618. The zero-order chi connectivity index (χ0) is 20.6. The third kappa shape index (κ3) is 5.80. The summed E-state index contributed by atoms with van der Waals surface area (Å²) in [5, 5.41) is 6.84. The fourth-order valence-corrected chi connectivity index (χ4v) is 3.59. The van der Waals surface area contributed by atoms with Gasteiger partial charge in [0.1, 0.15) is 5.82 Å². The SMILES string of the molecule is C=N/C(=C\C=C(/C)n1ccccc1=O)N[C@H]1CC[C@H](Nc2ncc(SC)cn2)C1.